The van der Waals surface area contributed by atoms with E-state index < -0.39 is 0 Å². The second-order valence-corrected chi connectivity index (χ2v) is 8.64. The molecule has 0 bridgehead atoms. The van der Waals surface area contributed by atoms with Crippen LogP contribution in [0.3, 0.4) is 0 Å². The van der Waals surface area contributed by atoms with Crippen molar-refractivity contribution in [2.24, 2.45) is 0 Å². The van der Waals surface area contributed by atoms with Crippen LogP contribution >= 0.6 is 0 Å². The monoisotopic (exact) mass is 395 g/mol. The van der Waals surface area contributed by atoms with Crippen molar-refractivity contribution >= 4 is 27.5 Å². The van der Waals surface area contributed by atoms with Gasteiger partial charge in [-0.05, 0) is 75.5 Å². The summed E-state index contributed by atoms with van der Waals surface area (Å²) in [7, 11) is 0. The first-order chi connectivity index (χ1) is 15.4. The van der Waals surface area contributed by atoms with Gasteiger partial charge in [-0.1, -0.05) is 42.5 Å². The lowest BCUT2D eigenvalue weighted by Crippen LogP contribution is -1.96. The molecule has 3 nitrogen and oxygen atoms in total. The standard InChI is InChI=1S/C28H17N3/c1-2-5-17-16(4-1)14-23-18(17)7-8-19-20-9-10-22-26(25(20)15-24(19)23)21-6-3-11-29-27(21)31-13-12-30-28(22)31/h1-13H,14-15H2. The highest BCUT2D eigenvalue weighted by Gasteiger charge is 2.29. The molecule has 3 heterocycles. The van der Waals surface area contributed by atoms with Crippen molar-refractivity contribution in [2.45, 2.75) is 12.8 Å². The molecule has 0 atom stereocenters. The first kappa shape index (κ1) is 15.8. The van der Waals surface area contributed by atoms with E-state index in [0.29, 0.717) is 0 Å². The molecule has 0 unspecified atom stereocenters. The molecule has 8 rings (SSSR count). The van der Waals surface area contributed by atoms with E-state index in [-0.39, 0.29) is 0 Å². The molecule has 0 spiro atoms. The fourth-order valence-corrected chi connectivity index (χ4v) is 5.94. The number of imidazole rings is 1. The minimum absolute atomic E-state index is 0.972. The quantitative estimate of drug-likeness (QED) is 0.287. The highest BCUT2D eigenvalue weighted by molar-refractivity contribution is 6.15. The Morgan fingerprint density at radius 1 is 0.581 bits per heavy atom. The summed E-state index contributed by atoms with van der Waals surface area (Å²) in [5.41, 5.74) is 13.4. The van der Waals surface area contributed by atoms with Crippen LogP contribution < -0.4 is 0 Å². The molecule has 0 aliphatic heterocycles. The molecule has 6 aromatic rings. The summed E-state index contributed by atoms with van der Waals surface area (Å²) in [6.45, 7) is 0. The van der Waals surface area contributed by atoms with Crippen molar-refractivity contribution in [1.82, 2.24) is 14.4 Å². The van der Waals surface area contributed by atoms with Crippen molar-refractivity contribution in [1.29, 1.82) is 0 Å². The van der Waals surface area contributed by atoms with Crippen molar-refractivity contribution in [3.05, 3.63) is 102 Å². The Morgan fingerprint density at radius 2 is 1.29 bits per heavy atom. The zero-order valence-electron chi connectivity index (χ0n) is 16.8. The SMILES string of the molecule is c1ccc2c(c1)Cc1c-2ccc2c1Cc1c-2ccc2c1c1cccnc1n1ccnc21. The van der Waals surface area contributed by atoms with E-state index >= 15 is 0 Å². The van der Waals surface area contributed by atoms with Gasteiger partial charge in [-0.3, -0.25) is 4.40 Å². The van der Waals surface area contributed by atoms with E-state index in [4.69, 9.17) is 4.98 Å². The van der Waals surface area contributed by atoms with Gasteiger partial charge in [0.05, 0.1) is 0 Å². The van der Waals surface area contributed by atoms with Crippen LogP contribution in [-0.4, -0.2) is 14.4 Å². The zero-order valence-corrected chi connectivity index (χ0v) is 16.8. The molecule has 0 N–H and O–H groups in total. The summed E-state index contributed by atoms with van der Waals surface area (Å²) >= 11 is 0. The van der Waals surface area contributed by atoms with Crippen molar-refractivity contribution in [2.75, 3.05) is 0 Å². The second kappa shape index (κ2) is 5.38. The average molecular weight is 395 g/mol. The van der Waals surface area contributed by atoms with Crippen LogP contribution in [0.25, 0.3) is 49.7 Å². The molecule has 0 amide bonds. The zero-order chi connectivity index (χ0) is 20.1. The van der Waals surface area contributed by atoms with Crippen LogP contribution in [-0.2, 0) is 12.8 Å². The maximum atomic E-state index is 4.71. The van der Waals surface area contributed by atoms with Crippen LogP contribution in [0.1, 0.15) is 22.3 Å². The Morgan fingerprint density at radius 3 is 2.23 bits per heavy atom. The molecule has 0 radical (unpaired) electrons. The van der Waals surface area contributed by atoms with Crippen molar-refractivity contribution in [3.63, 3.8) is 0 Å². The van der Waals surface area contributed by atoms with Crippen LogP contribution in [0.2, 0.25) is 0 Å². The minimum atomic E-state index is 0.972. The molecule has 0 fully saturated rings. The Balaban J connectivity index is 1.47. The normalized spacial score (nSPS) is 13.5. The third-order valence-corrected chi connectivity index (χ3v) is 7.23. The molecule has 2 aliphatic rings. The fraction of sp³-hybridized carbons (Fsp3) is 0.0714. The number of hydrogen-bond acceptors (Lipinski definition) is 2. The number of hydrogen-bond donors (Lipinski definition) is 0. The average Bonchev–Trinajstić information content (AvgIpc) is 3.53. The summed E-state index contributed by atoms with van der Waals surface area (Å²) in [4.78, 5) is 9.39. The van der Waals surface area contributed by atoms with Crippen LogP contribution in [0.5, 0.6) is 0 Å². The predicted molar refractivity (Wildman–Crippen MR) is 124 cm³/mol. The van der Waals surface area contributed by atoms with Crippen LogP contribution in [0.4, 0.5) is 0 Å². The molecule has 144 valence electrons. The van der Waals surface area contributed by atoms with Gasteiger partial charge in [-0.25, -0.2) is 9.97 Å². The number of nitrogens with zero attached hydrogens (tertiary/aromatic N) is 3. The lowest BCUT2D eigenvalue weighted by Gasteiger charge is -2.11. The van der Waals surface area contributed by atoms with E-state index in [1.165, 1.54) is 60.7 Å². The summed E-state index contributed by atoms with van der Waals surface area (Å²) in [5, 5.41) is 3.71. The smallest absolute Gasteiger partial charge is 0.146 e. The molecule has 0 saturated heterocycles. The highest BCUT2D eigenvalue weighted by atomic mass is 15.0. The first-order valence-electron chi connectivity index (χ1n) is 10.8. The maximum absolute atomic E-state index is 4.71. The number of benzene rings is 3. The second-order valence-electron chi connectivity index (χ2n) is 8.64. The summed E-state index contributed by atoms with van der Waals surface area (Å²) in [6, 6.07) is 22.3. The predicted octanol–water partition coefficient (Wildman–Crippen LogP) is 6.18. The number of pyridine rings is 2. The topological polar surface area (TPSA) is 30.2 Å². The Labute approximate surface area is 178 Å². The van der Waals surface area contributed by atoms with E-state index in [1.54, 1.807) is 0 Å². The van der Waals surface area contributed by atoms with Gasteiger partial charge in [0, 0.05) is 34.7 Å². The van der Waals surface area contributed by atoms with Gasteiger partial charge in [0.15, 0.2) is 0 Å². The summed E-state index contributed by atoms with van der Waals surface area (Å²) in [6.07, 6.45) is 7.76. The molecule has 3 aromatic heterocycles. The van der Waals surface area contributed by atoms with Crippen LogP contribution in [0, 0.1) is 0 Å². The fourth-order valence-electron chi connectivity index (χ4n) is 5.94. The van der Waals surface area contributed by atoms with Gasteiger partial charge in [-0.15, -0.1) is 0 Å². The van der Waals surface area contributed by atoms with Crippen molar-refractivity contribution < 1.29 is 0 Å². The van der Waals surface area contributed by atoms with Gasteiger partial charge in [-0.2, -0.15) is 0 Å². The lowest BCUT2D eigenvalue weighted by atomic mass is 9.96. The third-order valence-electron chi connectivity index (χ3n) is 7.23. The van der Waals surface area contributed by atoms with Crippen LogP contribution in [0.15, 0.2) is 79.3 Å². The van der Waals surface area contributed by atoms with E-state index in [9.17, 15) is 0 Å². The van der Waals surface area contributed by atoms with Gasteiger partial charge in [0.2, 0.25) is 0 Å². The molecule has 3 aromatic carbocycles. The molecule has 2 aliphatic carbocycles. The molecular weight excluding hydrogens is 378 g/mol. The Bertz CT molecular complexity index is 1740. The highest BCUT2D eigenvalue weighted by Crippen LogP contribution is 2.48. The Hall–Kier alpha value is -3.98. The number of fused-ring (bicyclic) bond motifs is 14. The van der Waals surface area contributed by atoms with Gasteiger partial charge >= 0.3 is 0 Å². The number of rotatable bonds is 0. The van der Waals surface area contributed by atoms with E-state index in [0.717, 1.165) is 24.1 Å². The van der Waals surface area contributed by atoms with Gasteiger partial charge in [0.1, 0.15) is 11.3 Å². The lowest BCUT2D eigenvalue weighted by molar-refractivity contribution is 1.17. The molecule has 0 saturated carbocycles. The van der Waals surface area contributed by atoms with E-state index in [2.05, 4.69) is 64.0 Å². The first-order valence-corrected chi connectivity index (χ1v) is 10.8. The van der Waals surface area contributed by atoms with E-state index in [1.807, 2.05) is 24.7 Å². The number of aromatic nitrogens is 3. The third kappa shape index (κ3) is 1.85. The van der Waals surface area contributed by atoms with Gasteiger partial charge < -0.3 is 0 Å². The van der Waals surface area contributed by atoms with Gasteiger partial charge in [0.25, 0.3) is 0 Å². The van der Waals surface area contributed by atoms with Crippen molar-refractivity contribution in [3.8, 4) is 22.3 Å². The Kier molecular flexibility index (Phi) is 2.74. The molecule has 31 heavy (non-hydrogen) atoms. The summed E-state index contributed by atoms with van der Waals surface area (Å²) < 4.78 is 2.11. The molecular formula is C28H17N3. The maximum Gasteiger partial charge on any atom is 0.146 e. The largest absolute Gasteiger partial charge is 0.283 e. The summed E-state index contributed by atoms with van der Waals surface area (Å²) in [5.74, 6) is 0. The minimum Gasteiger partial charge on any atom is -0.283 e. The molecule has 3 heteroatoms.